The van der Waals surface area contributed by atoms with Crippen molar-refractivity contribution >= 4 is 30.7 Å². The number of ether oxygens (including phenoxy) is 1. The molecule has 1 aromatic carbocycles. The SMILES string of the molecule is COc1ccc2c(C(=O)C(C)C)nn(/C=C(/OP(=O)(OC)OC)C(C)(C)C)c2c1. The number of hydrogen-bond donors (Lipinski definition) is 0. The Morgan fingerprint density at radius 2 is 1.79 bits per heavy atom. The van der Waals surface area contributed by atoms with Gasteiger partial charge in [-0.1, -0.05) is 34.6 Å². The normalized spacial score (nSPS) is 13.2. The number of methoxy groups -OCH3 is 1. The number of carbonyl (C=O) groups excluding carboxylic acids is 1. The maximum atomic E-state index is 12.7. The minimum atomic E-state index is -3.78. The van der Waals surface area contributed by atoms with Crippen molar-refractivity contribution in [2.45, 2.75) is 34.6 Å². The summed E-state index contributed by atoms with van der Waals surface area (Å²) in [4.78, 5) is 12.7. The molecular weight excluding hydrogens is 395 g/mol. The van der Waals surface area contributed by atoms with Crippen LogP contribution in [0.15, 0.2) is 24.0 Å². The monoisotopic (exact) mass is 424 g/mol. The molecule has 0 atom stereocenters. The summed E-state index contributed by atoms with van der Waals surface area (Å²) in [6.45, 7) is 9.32. The molecule has 2 rings (SSSR count). The van der Waals surface area contributed by atoms with E-state index in [1.807, 2.05) is 34.6 Å². The number of phosphoric ester groups is 1. The highest BCUT2D eigenvalue weighted by molar-refractivity contribution is 7.48. The summed E-state index contributed by atoms with van der Waals surface area (Å²) in [5, 5.41) is 5.20. The number of phosphoric acid groups is 1. The van der Waals surface area contributed by atoms with Crippen molar-refractivity contribution in [3.63, 3.8) is 0 Å². The molecule has 0 radical (unpaired) electrons. The van der Waals surface area contributed by atoms with Gasteiger partial charge >= 0.3 is 7.82 Å². The average Bonchev–Trinajstić information content (AvgIpc) is 3.03. The van der Waals surface area contributed by atoms with Crippen molar-refractivity contribution < 1.29 is 27.7 Å². The van der Waals surface area contributed by atoms with Gasteiger partial charge in [0.25, 0.3) is 0 Å². The Kier molecular flexibility index (Phi) is 6.93. The molecule has 0 amide bonds. The summed E-state index contributed by atoms with van der Waals surface area (Å²) in [5.41, 5.74) is 0.457. The summed E-state index contributed by atoms with van der Waals surface area (Å²) < 4.78 is 34.9. The molecule has 160 valence electrons. The van der Waals surface area contributed by atoms with Crippen LogP contribution in [0.25, 0.3) is 17.1 Å². The van der Waals surface area contributed by atoms with Gasteiger partial charge in [-0.05, 0) is 12.1 Å². The zero-order valence-electron chi connectivity index (χ0n) is 18.2. The molecule has 0 spiro atoms. The van der Waals surface area contributed by atoms with Crippen LogP contribution in [0.2, 0.25) is 0 Å². The summed E-state index contributed by atoms with van der Waals surface area (Å²) in [6, 6.07) is 5.36. The summed E-state index contributed by atoms with van der Waals surface area (Å²) in [7, 11) is 0.285. The van der Waals surface area contributed by atoms with E-state index < -0.39 is 13.2 Å². The second kappa shape index (κ2) is 8.69. The van der Waals surface area contributed by atoms with Crippen molar-refractivity contribution in [2.75, 3.05) is 21.3 Å². The Labute approximate surface area is 171 Å². The smallest absolute Gasteiger partial charge is 0.497 e. The number of fused-ring (bicyclic) bond motifs is 1. The molecule has 0 saturated heterocycles. The average molecular weight is 424 g/mol. The summed E-state index contributed by atoms with van der Waals surface area (Å²) >= 11 is 0. The predicted octanol–water partition coefficient (Wildman–Crippen LogP) is 5.15. The molecule has 8 nitrogen and oxygen atoms in total. The first-order valence-corrected chi connectivity index (χ1v) is 10.7. The molecule has 0 unspecified atom stereocenters. The third-order valence-electron chi connectivity index (χ3n) is 4.31. The van der Waals surface area contributed by atoms with Gasteiger partial charge in [-0.2, -0.15) is 5.10 Å². The van der Waals surface area contributed by atoms with E-state index in [2.05, 4.69) is 5.10 Å². The fourth-order valence-corrected chi connectivity index (χ4v) is 3.39. The van der Waals surface area contributed by atoms with Gasteiger partial charge in [-0.25, -0.2) is 9.25 Å². The van der Waals surface area contributed by atoms with Crippen molar-refractivity contribution in [3.8, 4) is 5.75 Å². The van der Waals surface area contributed by atoms with Gasteiger partial charge in [-0.15, -0.1) is 0 Å². The third kappa shape index (κ3) is 5.07. The second-order valence-corrected chi connectivity index (χ2v) is 9.65. The van der Waals surface area contributed by atoms with E-state index in [1.54, 1.807) is 31.5 Å². The Hall–Kier alpha value is -2.15. The maximum Gasteiger partial charge on any atom is 0.529 e. The van der Waals surface area contributed by atoms with Crippen molar-refractivity contribution in [2.24, 2.45) is 11.3 Å². The molecule has 1 heterocycles. The number of carbonyl (C=O) groups is 1. The van der Waals surface area contributed by atoms with E-state index >= 15 is 0 Å². The quantitative estimate of drug-likeness (QED) is 0.329. The van der Waals surface area contributed by atoms with Crippen LogP contribution in [-0.4, -0.2) is 36.9 Å². The zero-order chi connectivity index (χ0) is 22.0. The molecule has 2 aromatic rings. The lowest BCUT2D eigenvalue weighted by Crippen LogP contribution is -2.14. The molecule has 0 aliphatic heterocycles. The summed E-state index contributed by atoms with van der Waals surface area (Å²) in [5.74, 6) is 0.645. The van der Waals surface area contributed by atoms with E-state index in [9.17, 15) is 9.36 Å². The number of ketones is 1. The Morgan fingerprint density at radius 1 is 1.17 bits per heavy atom. The number of aromatic nitrogens is 2. The predicted molar refractivity (Wildman–Crippen MR) is 112 cm³/mol. The molecule has 0 aliphatic carbocycles. The molecule has 9 heteroatoms. The topological polar surface area (TPSA) is 88.9 Å². The molecule has 0 saturated carbocycles. The van der Waals surface area contributed by atoms with E-state index in [0.717, 1.165) is 0 Å². The van der Waals surface area contributed by atoms with Crippen LogP contribution in [-0.2, 0) is 18.1 Å². The van der Waals surface area contributed by atoms with Gasteiger partial charge in [0.1, 0.15) is 17.2 Å². The largest absolute Gasteiger partial charge is 0.529 e. The molecule has 0 fully saturated rings. The second-order valence-electron chi connectivity index (χ2n) is 7.84. The van der Waals surface area contributed by atoms with Gasteiger partial charge in [0.2, 0.25) is 0 Å². The first-order valence-electron chi connectivity index (χ1n) is 9.19. The third-order valence-corrected chi connectivity index (χ3v) is 5.62. The molecule has 0 N–H and O–H groups in total. The van der Waals surface area contributed by atoms with Gasteiger partial charge < -0.3 is 9.26 Å². The number of allylic oxidation sites excluding steroid dienone is 1. The van der Waals surface area contributed by atoms with Crippen LogP contribution in [0.5, 0.6) is 5.75 Å². The lowest BCUT2D eigenvalue weighted by atomic mass is 9.94. The first-order chi connectivity index (χ1) is 13.5. The zero-order valence-corrected chi connectivity index (χ0v) is 19.1. The van der Waals surface area contributed by atoms with E-state index in [1.165, 1.54) is 18.9 Å². The van der Waals surface area contributed by atoms with Gasteiger partial charge in [0.05, 0.1) is 18.8 Å². The van der Waals surface area contributed by atoms with Crippen LogP contribution in [0.1, 0.15) is 45.1 Å². The fraction of sp³-hybridized carbons (Fsp3) is 0.500. The number of hydrogen-bond acceptors (Lipinski definition) is 7. The number of nitrogens with zero attached hydrogens (tertiary/aromatic N) is 2. The van der Waals surface area contributed by atoms with Crippen LogP contribution in [0.3, 0.4) is 0 Å². The van der Waals surface area contributed by atoms with E-state index in [0.29, 0.717) is 28.1 Å². The Morgan fingerprint density at radius 3 is 2.28 bits per heavy atom. The van der Waals surface area contributed by atoms with Crippen molar-refractivity contribution in [3.05, 3.63) is 29.7 Å². The number of rotatable bonds is 8. The minimum Gasteiger partial charge on any atom is -0.497 e. The van der Waals surface area contributed by atoms with E-state index in [-0.39, 0.29) is 11.7 Å². The number of Topliss-reactive ketones (excluding diaryl/α,β-unsaturated/α-hetero) is 1. The highest BCUT2D eigenvalue weighted by Crippen LogP contribution is 2.52. The Bertz CT molecular complexity index is 963. The van der Waals surface area contributed by atoms with Gasteiger partial charge in [0, 0.05) is 37.0 Å². The minimum absolute atomic E-state index is 0.0787. The fourth-order valence-electron chi connectivity index (χ4n) is 2.53. The lowest BCUT2D eigenvalue weighted by Gasteiger charge is -2.25. The van der Waals surface area contributed by atoms with Crippen LogP contribution in [0, 0.1) is 11.3 Å². The standard InChI is InChI=1S/C20H29N2O6P/c1-13(2)19(23)18-15-10-9-14(25-6)11-16(15)22(21-18)12-17(20(3,4)5)28-29(24,26-7)27-8/h9-13H,1-8H3/b17-12+. The summed E-state index contributed by atoms with van der Waals surface area (Å²) in [6.07, 6.45) is 1.59. The molecule has 0 aliphatic rings. The Balaban J connectivity index is 2.73. The van der Waals surface area contributed by atoms with E-state index in [4.69, 9.17) is 18.3 Å². The van der Waals surface area contributed by atoms with Crippen LogP contribution < -0.4 is 4.74 Å². The van der Waals surface area contributed by atoms with Crippen molar-refractivity contribution in [1.29, 1.82) is 0 Å². The van der Waals surface area contributed by atoms with Crippen molar-refractivity contribution in [1.82, 2.24) is 9.78 Å². The maximum absolute atomic E-state index is 12.7. The first kappa shape index (κ1) is 23.1. The molecule has 1 aromatic heterocycles. The molecular formula is C20H29N2O6P. The highest BCUT2D eigenvalue weighted by atomic mass is 31.2. The van der Waals surface area contributed by atoms with Gasteiger partial charge in [-0.3, -0.25) is 13.8 Å². The number of benzene rings is 1. The lowest BCUT2D eigenvalue weighted by molar-refractivity contribution is 0.0935. The van der Waals surface area contributed by atoms with Crippen LogP contribution >= 0.6 is 7.82 Å². The van der Waals surface area contributed by atoms with Gasteiger partial charge in [0.15, 0.2) is 5.78 Å². The van der Waals surface area contributed by atoms with Crippen LogP contribution in [0.4, 0.5) is 0 Å². The highest BCUT2D eigenvalue weighted by Gasteiger charge is 2.32. The molecule has 29 heavy (non-hydrogen) atoms. The molecule has 0 bridgehead atoms.